The second kappa shape index (κ2) is 18.0. The molecule has 1 aliphatic rings. The Labute approximate surface area is 147 Å². The number of rotatable bonds is 3. The van der Waals surface area contributed by atoms with Crippen molar-refractivity contribution in [3.05, 3.63) is 23.4 Å². The summed E-state index contributed by atoms with van der Waals surface area (Å²) in [6.45, 7) is 4.53. The van der Waals surface area contributed by atoms with E-state index in [0.717, 1.165) is 25.4 Å². The van der Waals surface area contributed by atoms with E-state index in [1.807, 2.05) is 7.05 Å². The molecule has 0 saturated heterocycles. The van der Waals surface area contributed by atoms with Gasteiger partial charge in [-0.2, -0.15) is 41.4 Å². The van der Waals surface area contributed by atoms with Gasteiger partial charge in [0.25, 0.3) is 0 Å². The summed E-state index contributed by atoms with van der Waals surface area (Å²) in [4.78, 5) is 0. The van der Waals surface area contributed by atoms with Gasteiger partial charge in [0.05, 0.1) is 0 Å². The van der Waals surface area contributed by atoms with Crippen LogP contribution < -0.4 is 0 Å². The molecule has 3 nitrogen and oxygen atoms in total. The molecule has 0 aliphatic heterocycles. The van der Waals surface area contributed by atoms with Crippen molar-refractivity contribution in [2.75, 3.05) is 41.4 Å². The average molecular weight is 383 g/mol. The Hall–Kier alpha value is 0.910. The van der Waals surface area contributed by atoms with Crippen LogP contribution in [0.5, 0.6) is 0 Å². The minimum Gasteiger partial charge on any atom is -0.668 e. The van der Waals surface area contributed by atoms with Crippen molar-refractivity contribution in [2.24, 2.45) is 0 Å². The molecule has 1 fully saturated rings. The molecular weight excluding hydrogens is 348 g/mol. The van der Waals surface area contributed by atoms with E-state index in [1.165, 1.54) is 0 Å². The van der Waals surface area contributed by atoms with Crippen LogP contribution in [0, 0.1) is 7.43 Å². The molecule has 6 heteroatoms. The van der Waals surface area contributed by atoms with Crippen LogP contribution in [0.2, 0.25) is 18.6 Å². The summed E-state index contributed by atoms with van der Waals surface area (Å²) >= 11 is 0. The van der Waals surface area contributed by atoms with E-state index in [2.05, 4.69) is 29.0 Å². The monoisotopic (exact) mass is 381 g/mol. The quantitative estimate of drug-likeness (QED) is 0.496. The van der Waals surface area contributed by atoms with Gasteiger partial charge in [-0.05, 0) is 12.0 Å². The van der Waals surface area contributed by atoms with E-state index in [0.29, 0.717) is 5.54 Å². The molecule has 0 heterocycles. The van der Waals surface area contributed by atoms with Gasteiger partial charge in [0, 0.05) is 8.07 Å². The first-order chi connectivity index (χ1) is 8.40. The zero-order chi connectivity index (χ0) is 14.6. The van der Waals surface area contributed by atoms with E-state index < -0.39 is 14.2 Å². The Morgan fingerprint density at radius 3 is 1.65 bits per heavy atom. The first-order valence-corrected chi connectivity index (χ1v) is 9.85. The SMILES string of the molecule is C[N-]C.C[N-]C.C[N-]C[Si](C)(C)C1CCCC1F.[CH3-].[Zr+4]. The van der Waals surface area contributed by atoms with Crippen LogP contribution >= 0.6 is 0 Å². The second-order valence-corrected chi connectivity index (χ2v) is 10.4. The van der Waals surface area contributed by atoms with Gasteiger partial charge >= 0.3 is 26.2 Å². The van der Waals surface area contributed by atoms with Gasteiger partial charge in [-0.3, -0.25) is 0 Å². The third-order valence-corrected chi connectivity index (χ3v) is 6.79. The Bertz CT molecular complexity index is 184. The Kier molecular flexibility index (Phi) is 26.0. The van der Waals surface area contributed by atoms with Gasteiger partial charge in [-0.1, -0.05) is 25.9 Å². The Morgan fingerprint density at radius 2 is 1.40 bits per heavy atom. The fourth-order valence-electron chi connectivity index (χ4n) is 2.32. The molecule has 120 valence electrons. The molecule has 0 radical (unpaired) electrons. The van der Waals surface area contributed by atoms with Gasteiger partial charge in [-0.15, -0.1) is 0 Å². The summed E-state index contributed by atoms with van der Waals surface area (Å²) < 4.78 is 13.4. The third-order valence-electron chi connectivity index (χ3n) is 3.00. The standard InChI is InChI=1S/C9H19FNSi.2C2H6N.CH3.Zr/c1-11-7-12(2,3)9-6-4-5-8(9)10;2*1-3-2;;/h8-9H,4-7H2,1-3H3;2*1-2H3;1H3;/q4*-1;+4. The summed E-state index contributed by atoms with van der Waals surface area (Å²) in [5.74, 6) is 0. The van der Waals surface area contributed by atoms with E-state index in [9.17, 15) is 4.39 Å². The molecule has 0 aromatic rings. The van der Waals surface area contributed by atoms with Crippen LogP contribution in [-0.4, -0.2) is 55.7 Å². The number of hydrogen-bond donors (Lipinski definition) is 0. The normalized spacial score (nSPS) is 20.4. The zero-order valence-corrected chi connectivity index (χ0v) is 18.2. The van der Waals surface area contributed by atoms with Crippen molar-refractivity contribution in [1.82, 2.24) is 0 Å². The summed E-state index contributed by atoms with van der Waals surface area (Å²) in [6, 6.07) is 0. The molecule has 2 atom stereocenters. The van der Waals surface area contributed by atoms with Gasteiger partial charge in [-0.25, -0.2) is 4.39 Å². The molecule has 1 rings (SSSR count). The van der Waals surface area contributed by atoms with Crippen LogP contribution in [-0.2, 0) is 26.2 Å². The molecule has 0 aromatic carbocycles. The van der Waals surface area contributed by atoms with E-state index in [-0.39, 0.29) is 33.6 Å². The molecule has 0 bridgehead atoms. The predicted molar refractivity (Wildman–Crippen MR) is 91.0 cm³/mol. The minimum absolute atomic E-state index is 0. The summed E-state index contributed by atoms with van der Waals surface area (Å²) in [5, 5.41) is 11.2. The predicted octanol–water partition coefficient (Wildman–Crippen LogP) is 4.82. The Morgan fingerprint density at radius 1 is 1.00 bits per heavy atom. The maximum atomic E-state index is 13.4. The molecule has 2 unspecified atom stereocenters. The molecule has 1 saturated carbocycles. The minimum atomic E-state index is -1.38. The van der Waals surface area contributed by atoms with Crippen LogP contribution in [0.3, 0.4) is 0 Å². The van der Waals surface area contributed by atoms with Crippen molar-refractivity contribution in [3.63, 3.8) is 0 Å². The number of nitrogens with zero attached hydrogens (tertiary/aromatic N) is 3. The van der Waals surface area contributed by atoms with E-state index in [1.54, 1.807) is 28.2 Å². The number of halogens is 1. The molecule has 1 aliphatic carbocycles. The van der Waals surface area contributed by atoms with Crippen LogP contribution in [0.1, 0.15) is 19.3 Å². The van der Waals surface area contributed by atoms with E-state index in [4.69, 9.17) is 0 Å². The first-order valence-electron chi connectivity index (χ1n) is 6.56. The molecule has 0 aromatic heterocycles. The average Bonchev–Trinajstić information content (AvgIpc) is 2.67. The van der Waals surface area contributed by atoms with Crippen LogP contribution in [0.4, 0.5) is 4.39 Å². The van der Waals surface area contributed by atoms with Crippen molar-refractivity contribution < 1.29 is 30.6 Å². The summed E-state index contributed by atoms with van der Waals surface area (Å²) in [7, 11) is 7.47. The van der Waals surface area contributed by atoms with E-state index >= 15 is 0 Å². The molecule has 0 amide bonds. The largest absolute Gasteiger partial charge is 4.00 e. The smallest absolute Gasteiger partial charge is 0.668 e. The van der Waals surface area contributed by atoms with Gasteiger partial charge < -0.3 is 23.4 Å². The van der Waals surface area contributed by atoms with Crippen LogP contribution in [0.25, 0.3) is 16.0 Å². The fraction of sp³-hybridized carbons (Fsp3) is 0.929. The van der Waals surface area contributed by atoms with Crippen molar-refractivity contribution >= 4 is 8.07 Å². The molecule has 20 heavy (non-hydrogen) atoms. The van der Waals surface area contributed by atoms with Crippen molar-refractivity contribution in [3.8, 4) is 0 Å². The van der Waals surface area contributed by atoms with Gasteiger partial charge in [0.2, 0.25) is 0 Å². The maximum absolute atomic E-state index is 13.4. The molecular formula is C14H34FN3SiZr. The molecule has 0 N–H and O–H groups in total. The van der Waals surface area contributed by atoms with Gasteiger partial charge in [0.1, 0.15) is 6.17 Å². The first kappa shape index (κ1) is 29.0. The molecule has 0 spiro atoms. The fourth-order valence-corrected chi connectivity index (χ4v) is 5.50. The maximum Gasteiger partial charge on any atom is 4.00 e. The van der Waals surface area contributed by atoms with Crippen molar-refractivity contribution in [2.45, 2.75) is 44.1 Å². The summed E-state index contributed by atoms with van der Waals surface area (Å²) in [5.41, 5.74) is 0.376. The van der Waals surface area contributed by atoms with Crippen molar-refractivity contribution in [1.29, 1.82) is 0 Å². The van der Waals surface area contributed by atoms with Gasteiger partial charge in [0.15, 0.2) is 0 Å². The zero-order valence-electron chi connectivity index (χ0n) is 14.7. The third kappa shape index (κ3) is 13.9. The summed E-state index contributed by atoms with van der Waals surface area (Å²) in [6.07, 6.45) is 3.40. The topological polar surface area (TPSA) is 42.3 Å². The number of alkyl halides is 1. The second-order valence-electron chi connectivity index (χ2n) is 5.41. The number of hydrogen-bond acceptors (Lipinski definition) is 0. The van der Waals surface area contributed by atoms with Crippen LogP contribution in [0.15, 0.2) is 0 Å². The Balaban J connectivity index is -0.000000139.